The first-order valence-corrected chi connectivity index (χ1v) is 39.1. The van der Waals surface area contributed by atoms with E-state index in [2.05, 4.69) is 34.8 Å². The van der Waals surface area contributed by atoms with Crippen LogP contribution in [-0.2, 0) is 68.9 Å². The van der Waals surface area contributed by atoms with Gasteiger partial charge in [-0.05, 0) is 165 Å². The summed E-state index contributed by atoms with van der Waals surface area (Å²) in [6.45, 7) is 12.1. The number of amides is 9. The van der Waals surface area contributed by atoms with Crippen LogP contribution in [0.5, 0.6) is 0 Å². The molecule has 4 atom stereocenters. The minimum atomic E-state index is -4.42. The molecule has 3 aromatic heterocycles. The molecule has 4 aliphatic carbocycles. The molecule has 10 N–H and O–H groups in total. The topological polar surface area (TPSA) is 404 Å². The predicted octanol–water partition coefficient (Wildman–Crippen LogP) is 9.00. The number of hydrogen-bond acceptors (Lipinski definition) is 18. The summed E-state index contributed by atoms with van der Waals surface area (Å²) in [7, 11) is -4.42. The zero-order chi connectivity index (χ0) is 76.6. The number of anilines is 3. The van der Waals surface area contributed by atoms with E-state index >= 15 is 0 Å². The van der Waals surface area contributed by atoms with Crippen LogP contribution in [0.1, 0.15) is 154 Å². The normalized spacial score (nSPS) is 20.6. The highest BCUT2D eigenvalue weighted by atomic mass is 32.1. The first-order valence-electron chi connectivity index (χ1n) is 36.5. The summed E-state index contributed by atoms with van der Waals surface area (Å²) < 4.78 is 33.8. The number of aromatic carboxylic acids is 1. The number of pyridine rings is 1. The number of carboxylic acids is 1. The Bertz CT molecular complexity index is 4350. The quantitative estimate of drug-likeness (QED) is 0.0103. The van der Waals surface area contributed by atoms with Gasteiger partial charge in [-0.3, -0.25) is 53.1 Å². The summed E-state index contributed by atoms with van der Waals surface area (Å²) in [5.74, 6) is -4.16. The highest BCUT2D eigenvalue weighted by Gasteiger charge is 2.66. The van der Waals surface area contributed by atoms with Crippen LogP contribution >= 0.6 is 18.9 Å². The van der Waals surface area contributed by atoms with E-state index in [9.17, 15) is 62.6 Å². The van der Waals surface area contributed by atoms with Gasteiger partial charge in [-0.1, -0.05) is 81.9 Å². The highest BCUT2D eigenvalue weighted by Crippen LogP contribution is 2.72. The van der Waals surface area contributed by atoms with E-state index in [-0.39, 0.29) is 112 Å². The molecule has 0 radical (unpaired) electrons. The molecule has 2 unspecified atom stereocenters. The number of carbonyl (C=O) groups excluding carboxylic acids is 8. The lowest BCUT2D eigenvalue weighted by molar-refractivity contribution is -0.250. The molecule has 5 heterocycles. The number of ether oxygens (including phenoxy) is 3. The average Bonchev–Trinajstić information content (AvgIpc) is 0.784. The fourth-order valence-corrected chi connectivity index (χ4v) is 18.8. The van der Waals surface area contributed by atoms with E-state index in [1.54, 1.807) is 56.4 Å². The summed E-state index contributed by atoms with van der Waals surface area (Å²) in [5, 5.41) is 24.5. The fourth-order valence-electron chi connectivity index (χ4n) is 17.4. The lowest BCUT2D eigenvalue weighted by atomic mass is 9.39. The van der Waals surface area contributed by atoms with E-state index < -0.39 is 85.0 Å². The number of carboxylic acid groups (broad SMARTS) is 1. The average molecular weight is 1510 g/mol. The Balaban J connectivity index is 0.697. The maximum absolute atomic E-state index is 14.7. The van der Waals surface area contributed by atoms with Gasteiger partial charge in [0, 0.05) is 92.5 Å². The largest absolute Gasteiger partial charge is 0.476 e. The number of benzene rings is 3. The molecular weight excluding hydrogens is 1410 g/mol. The zero-order valence-corrected chi connectivity index (χ0v) is 62.8. The van der Waals surface area contributed by atoms with Gasteiger partial charge in [0.15, 0.2) is 10.8 Å². The van der Waals surface area contributed by atoms with Crippen LogP contribution in [0, 0.1) is 29.1 Å². The molecular formula is C76H96N13O16PS. The second-order valence-corrected chi connectivity index (χ2v) is 33.1. The Kier molecular flexibility index (Phi) is 24.5. The number of hydrogen-bond donors (Lipinski definition) is 8. The van der Waals surface area contributed by atoms with Crippen molar-refractivity contribution >= 4 is 99.3 Å². The van der Waals surface area contributed by atoms with Gasteiger partial charge in [-0.25, -0.2) is 24.4 Å². The summed E-state index contributed by atoms with van der Waals surface area (Å²) in [6.07, 6.45) is 10.6. The molecule has 9 amide bonds. The van der Waals surface area contributed by atoms with Crippen LogP contribution in [0.2, 0.25) is 0 Å². The third-order valence-electron chi connectivity index (χ3n) is 21.1. The Morgan fingerprint density at radius 3 is 2.23 bits per heavy atom. The van der Waals surface area contributed by atoms with Gasteiger partial charge in [0.1, 0.15) is 24.5 Å². The first-order chi connectivity index (χ1) is 50.9. The molecule has 0 saturated heterocycles. The fraction of sp³-hybridized carbons (Fsp3) is 0.500. The number of unbranched alkanes of at least 4 members (excludes halogenated alkanes) is 2. The number of carbonyl (C=O) groups is 9. The van der Waals surface area contributed by atoms with Gasteiger partial charge in [0.25, 0.3) is 23.6 Å². The van der Waals surface area contributed by atoms with Gasteiger partial charge >= 0.3 is 25.7 Å². The number of imide groups is 1. The molecule has 2 aliphatic heterocycles. The van der Waals surface area contributed by atoms with Gasteiger partial charge < -0.3 is 61.0 Å². The van der Waals surface area contributed by atoms with Crippen molar-refractivity contribution in [2.75, 3.05) is 73.8 Å². The first kappa shape index (κ1) is 78.6. The van der Waals surface area contributed by atoms with Crippen LogP contribution < -0.4 is 37.2 Å². The van der Waals surface area contributed by atoms with Crippen LogP contribution in [-0.4, -0.2) is 174 Å². The predicted molar refractivity (Wildman–Crippen MR) is 400 cm³/mol. The molecule has 4 bridgehead atoms. The molecule has 3 aromatic carbocycles. The Morgan fingerprint density at radius 2 is 1.54 bits per heavy atom. The van der Waals surface area contributed by atoms with Crippen molar-refractivity contribution in [2.45, 2.75) is 162 Å². The molecule has 6 aliphatic rings. The maximum atomic E-state index is 14.7. The molecule has 4 saturated carbocycles. The monoisotopic (exact) mass is 1510 g/mol. The lowest BCUT2D eigenvalue weighted by Crippen LogP contribution is -2.64. The number of aromatic nitrogens is 4. The van der Waals surface area contributed by atoms with E-state index in [1.165, 1.54) is 33.3 Å². The Morgan fingerprint density at radius 1 is 0.804 bits per heavy atom. The van der Waals surface area contributed by atoms with Gasteiger partial charge in [0.05, 0.1) is 48.0 Å². The Labute approximate surface area is 624 Å². The number of nitrogens with zero attached hydrogens (tertiary/aromatic N) is 8. The molecule has 4 fully saturated rings. The minimum absolute atomic E-state index is 0.00104. The number of para-hydroxylation sites is 1. The SMILES string of the molecule is Cc1c(-c2ccc(N3CCc4cccc(C(=O)Nc5nc6ccccc6s5)c4C3)nc2C(=O)O)cnn1CC12CC3(C)CC(C)(C1)CC(OCCOCCN(CCCP(=O)(O)O)C(=O)OCc1ccc(N(C(=O)[C@@H](NC(=O)CCCCCN4C(=O)C=CC4=O)C(C)C)[C@@H](CCCNC(N)=O)C(N)=O)cc1)(C3)C2. The molecule has 12 rings (SSSR count). The van der Waals surface area contributed by atoms with Crippen LogP contribution in [0.25, 0.3) is 21.3 Å². The maximum Gasteiger partial charge on any atom is 0.410 e. The molecule has 107 heavy (non-hydrogen) atoms. The van der Waals surface area contributed by atoms with Crippen LogP contribution in [0.4, 0.5) is 26.2 Å². The number of fused-ring (bicyclic) bond motifs is 2. The lowest BCUT2D eigenvalue weighted by Gasteiger charge is -2.69. The van der Waals surface area contributed by atoms with E-state index in [1.807, 2.05) is 59.0 Å². The van der Waals surface area contributed by atoms with Crippen molar-refractivity contribution in [1.29, 1.82) is 0 Å². The van der Waals surface area contributed by atoms with Crippen molar-refractivity contribution in [3.05, 3.63) is 131 Å². The van der Waals surface area contributed by atoms with E-state index in [4.69, 9.17) is 35.8 Å². The number of urea groups is 1. The Hall–Kier alpha value is -9.45. The van der Waals surface area contributed by atoms with Crippen LogP contribution in [0.15, 0.2) is 97.2 Å². The number of nitrogens with two attached hydrogens (primary N) is 2. The molecule has 29 nitrogen and oxygen atoms in total. The van der Waals surface area contributed by atoms with Crippen molar-refractivity contribution in [3.8, 4) is 11.1 Å². The van der Waals surface area contributed by atoms with Gasteiger partial charge in [-0.2, -0.15) is 5.10 Å². The smallest absolute Gasteiger partial charge is 0.410 e. The second-order valence-electron chi connectivity index (χ2n) is 30.3. The third kappa shape index (κ3) is 19.3. The standard InChI is InChI=1S/C76H96N13O16PS/c1-48(2)64(83-61(90)19-7-6-10-31-87-62(91)26-27-63(87)92)68(95)89(58(66(77)93)17-12-29-79-70(78)98)52-22-20-50(21-23-52)40-104-72(99)85(30-13-37-106(100,101)102)33-34-103-35-36-105-76-44-73(4)41-74(5,45-76)43-75(42-73,46-76)47-88-49(3)55(38-80-88)53-24-25-60(82-65(53)69(96)97)86-32-28-51-14-11-15-54(56(51)39-86)67(94)84-71-81-57-16-8-9-18-59(57)107-71/h8-9,11,14-16,18,20-27,38,48,58,64H,6-7,10,12-13,17,19,28-37,39-47H2,1-5H3,(H2,77,93)(H,83,90)(H,96,97)(H3,78,79,98)(H,81,84,94)(H2,100,101,102)/t58-,64-,73?,74?,75?,76?/m0/s1. The van der Waals surface area contributed by atoms with Crippen LogP contribution in [0.3, 0.4) is 0 Å². The van der Waals surface area contributed by atoms with E-state index in [0.29, 0.717) is 78.5 Å². The molecule has 6 aromatic rings. The van der Waals surface area contributed by atoms with Crippen molar-refractivity contribution < 1.29 is 76.8 Å². The van der Waals surface area contributed by atoms with E-state index in [0.717, 1.165) is 70.5 Å². The second kappa shape index (κ2) is 33.4. The minimum Gasteiger partial charge on any atom is -0.476 e. The van der Waals surface area contributed by atoms with Gasteiger partial charge in [0.2, 0.25) is 11.8 Å². The number of primary amides is 2. The van der Waals surface area contributed by atoms with Crippen molar-refractivity contribution in [2.24, 2.45) is 33.6 Å². The number of rotatable bonds is 36. The molecule has 572 valence electrons. The number of nitrogens with one attached hydrogen (secondary N) is 3. The van der Waals surface area contributed by atoms with Gasteiger partial charge in [-0.15, -0.1) is 0 Å². The summed E-state index contributed by atoms with van der Waals surface area (Å²) >= 11 is 1.40. The van der Waals surface area contributed by atoms with Crippen molar-refractivity contribution in [1.82, 2.24) is 40.2 Å². The molecule has 31 heteroatoms. The highest BCUT2D eigenvalue weighted by molar-refractivity contribution is 7.51. The zero-order valence-electron chi connectivity index (χ0n) is 61.1. The summed E-state index contributed by atoms with van der Waals surface area (Å²) in [4.78, 5) is 152. The van der Waals surface area contributed by atoms with Crippen molar-refractivity contribution in [3.63, 3.8) is 0 Å². The number of thiazole rings is 1. The summed E-state index contributed by atoms with van der Waals surface area (Å²) in [6, 6.07) is 20.1. The third-order valence-corrected chi connectivity index (χ3v) is 22.9. The summed E-state index contributed by atoms with van der Waals surface area (Å²) in [5.41, 5.74) is 16.3. The molecule has 0 spiro atoms.